The van der Waals surface area contributed by atoms with E-state index < -0.39 is 12.0 Å². The topological polar surface area (TPSA) is 49.8 Å². The summed E-state index contributed by atoms with van der Waals surface area (Å²) in [6.45, 7) is 1.61. The van der Waals surface area contributed by atoms with Crippen molar-refractivity contribution >= 4 is 23.3 Å². The minimum Gasteiger partial charge on any atom is -0.495 e. The van der Waals surface area contributed by atoms with Gasteiger partial charge in [0.25, 0.3) is 0 Å². The van der Waals surface area contributed by atoms with Gasteiger partial charge in [-0.2, -0.15) is 0 Å². The second kappa shape index (κ2) is 5.07. The highest BCUT2D eigenvalue weighted by molar-refractivity contribution is 6.32. The summed E-state index contributed by atoms with van der Waals surface area (Å²) >= 11 is 5.96. The van der Waals surface area contributed by atoms with Crippen LogP contribution in [-0.4, -0.2) is 31.3 Å². The van der Waals surface area contributed by atoms with E-state index in [1.807, 2.05) is 0 Å². The van der Waals surface area contributed by atoms with E-state index >= 15 is 0 Å². The molecule has 88 valence electrons. The summed E-state index contributed by atoms with van der Waals surface area (Å²) in [5, 5.41) is 9.35. The molecule has 1 atom stereocenters. The van der Waals surface area contributed by atoms with Crippen molar-refractivity contribution in [2.45, 2.75) is 13.0 Å². The summed E-state index contributed by atoms with van der Waals surface area (Å²) in [5.41, 5.74) is 0.737. The van der Waals surface area contributed by atoms with E-state index in [1.54, 1.807) is 37.1 Å². The normalized spacial score (nSPS) is 12.0. The van der Waals surface area contributed by atoms with Gasteiger partial charge in [-0.15, -0.1) is 0 Å². The Bertz CT molecular complexity index is 395. The maximum atomic E-state index is 10.8. The fourth-order valence-electron chi connectivity index (χ4n) is 1.26. The predicted octanol–water partition coefficient (Wildman–Crippen LogP) is 2.26. The Morgan fingerprint density at radius 1 is 1.56 bits per heavy atom. The Morgan fingerprint density at radius 3 is 2.62 bits per heavy atom. The maximum absolute atomic E-state index is 10.8. The highest BCUT2D eigenvalue weighted by atomic mass is 35.5. The van der Waals surface area contributed by atoms with E-state index in [-0.39, 0.29) is 0 Å². The van der Waals surface area contributed by atoms with Gasteiger partial charge in [0.15, 0.2) is 0 Å². The van der Waals surface area contributed by atoms with Crippen LogP contribution in [0.3, 0.4) is 0 Å². The summed E-state index contributed by atoms with van der Waals surface area (Å²) in [5.74, 6) is -0.309. The maximum Gasteiger partial charge on any atom is 0.326 e. The molecule has 5 heteroatoms. The number of methoxy groups -OCH3 is 1. The van der Waals surface area contributed by atoms with Crippen LogP contribution in [0.15, 0.2) is 18.2 Å². The number of ether oxygens (including phenoxy) is 1. The Balaban J connectivity index is 2.97. The van der Waals surface area contributed by atoms with Gasteiger partial charge in [-0.25, -0.2) is 4.79 Å². The molecule has 0 aliphatic heterocycles. The lowest BCUT2D eigenvalue weighted by Gasteiger charge is -2.24. The van der Waals surface area contributed by atoms with Crippen molar-refractivity contribution in [1.29, 1.82) is 0 Å². The molecule has 0 saturated heterocycles. The molecule has 1 N–H and O–H groups in total. The van der Waals surface area contributed by atoms with Crippen molar-refractivity contribution in [3.63, 3.8) is 0 Å². The van der Waals surface area contributed by atoms with Gasteiger partial charge >= 0.3 is 5.97 Å². The summed E-state index contributed by atoms with van der Waals surface area (Å²) in [7, 11) is 3.24. The molecule has 0 heterocycles. The molecule has 0 aliphatic rings. The Morgan fingerprint density at radius 2 is 2.19 bits per heavy atom. The summed E-state index contributed by atoms with van der Waals surface area (Å²) in [4.78, 5) is 12.5. The lowest BCUT2D eigenvalue weighted by Crippen LogP contribution is -2.35. The van der Waals surface area contributed by atoms with Gasteiger partial charge in [0.2, 0.25) is 0 Å². The minimum atomic E-state index is -0.880. The average molecular weight is 244 g/mol. The molecule has 0 saturated carbocycles. The van der Waals surface area contributed by atoms with Gasteiger partial charge in [-0.1, -0.05) is 11.6 Å². The summed E-state index contributed by atoms with van der Waals surface area (Å²) < 4.78 is 5.02. The van der Waals surface area contributed by atoms with Crippen molar-refractivity contribution in [2.24, 2.45) is 0 Å². The van der Waals surface area contributed by atoms with E-state index in [1.165, 1.54) is 7.11 Å². The van der Waals surface area contributed by atoms with Gasteiger partial charge in [0.1, 0.15) is 11.8 Å². The zero-order valence-electron chi connectivity index (χ0n) is 9.40. The SMILES string of the molecule is COc1ccc(N(C)[C@H](C)C(=O)O)cc1Cl. The summed E-state index contributed by atoms with van der Waals surface area (Å²) in [6.07, 6.45) is 0. The van der Waals surface area contributed by atoms with E-state index in [2.05, 4.69) is 0 Å². The average Bonchev–Trinajstić information content (AvgIpc) is 2.26. The number of hydrogen-bond donors (Lipinski definition) is 1. The predicted molar refractivity (Wildman–Crippen MR) is 63.5 cm³/mol. The van der Waals surface area contributed by atoms with Gasteiger partial charge in [0, 0.05) is 12.7 Å². The first-order valence-electron chi connectivity index (χ1n) is 4.76. The van der Waals surface area contributed by atoms with Crippen molar-refractivity contribution in [3.05, 3.63) is 23.2 Å². The molecule has 1 rings (SSSR count). The first kappa shape index (κ1) is 12.6. The molecule has 0 aliphatic carbocycles. The van der Waals surface area contributed by atoms with Gasteiger partial charge in [-0.05, 0) is 25.1 Å². The molecule has 0 fully saturated rings. The van der Waals surface area contributed by atoms with Crippen LogP contribution in [0.1, 0.15) is 6.92 Å². The third kappa shape index (κ3) is 2.58. The molecule has 16 heavy (non-hydrogen) atoms. The Hall–Kier alpha value is -1.42. The second-order valence-corrected chi connectivity index (χ2v) is 3.85. The van der Waals surface area contributed by atoms with E-state index in [0.29, 0.717) is 10.8 Å². The van der Waals surface area contributed by atoms with Crippen LogP contribution in [-0.2, 0) is 4.79 Å². The number of anilines is 1. The van der Waals surface area contributed by atoms with Crippen LogP contribution in [0.5, 0.6) is 5.75 Å². The molecular weight excluding hydrogens is 230 g/mol. The van der Waals surface area contributed by atoms with Gasteiger partial charge in [0.05, 0.1) is 12.1 Å². The molecule has 1 aromatic carbocycles. The number of hydrogen-bond acceptors (Lipinski definition) is 3. The third-order valence-corrected chi connectivity index (χ3v) is 2.78. The fraction of sp³-hybridized carbons (Fsp3) is 0.364. The molecule has 4 nitrogen and oxygen atoms in total. The van der Waals surface area contributed by atoms with Crippen molar-refractivity contribution in [2.75, 3.05) is 19.1 Å². The number of benzene rings is 1. The van der Waals surface area contributed by atoms with Crippen LogP contribution in [0.2, 0.25) is 5.02 Å². The number of aliphatic carboxylic acids is 1. The highest BCUT2D eigenvalue weighted by Gasteiger charge is 2.17. The molecule has 0 unspecified atom stereocenters. The first-order valence-corrected chi connectivity index (χ1v) is 5.14. The Kier molecular flexibility index (Phi) is 4.01. The monoisotopic (exact) mass is 243 g/mol. The van der Waals surface area contributed by atoms with Crippen molar-refractivity contribution in [1.82, 2.24) is 0 Å². The number of likely N-dealkylation sites (N-methyl/N-ethyl adjacent to an activating group) is 1. The molecular formula is C11H14ClNO3. The second-order valence-electron chi connectivity index (χ2n) is 3.44. The molecule has 1 aromatic rings. The highest BCUT2D eigenvalue weighted by Crippen LogP contribution is 2.29. The Labute approximate surface area is 99.4 Å². The fourth-order valence-corrected chi connectivity index (χ4v) is 1.52. The zero-order chi connectivity index (χ0) is 12.3. The molecule has 0 aromatic heterocycles. The number of nitrogens with zero attached hydrogens (tertiary/aromatic N) is 1. The lowest BCUT2D eigenvalue weighted by atomic mass is 10.2. The molecule has 0 spiro atoms. The lowest BCUT2D eigenvalue weighted by molar-refractivity contribution is -0.138. The van der Waals surface area contributed by atoms with E-state index in [0.717, 1.165) is 5.69 Å². The number of carboxylic acids is 1. The number of rotatable bonds is 4. The van der Waals surface area contributed by atoms with Gasteiger partial charge in [-0.3, -0.25) is 0 Å². The van der Waals surface area contributed by atoms with Crippen LogP contribution >= 0.6 is 11.6 Å². The van der Waals surface area contributed by atoms with Crippen molar-refractivity contribution in [3.8, 4) is 5.75 Å². The third-order valence-electron chi connectivity index (χ3n) is 2.48. The van der Waals surface area contributed by atoms with Crippen molar-refractivity contribution < 1.29 is 14.6 Å². The van der Waals surface area contributed by atoms with Crippen LogP contribution in [0, 0.1) is 0 Å². The van der Waals surface area contributed by atoms with Crippen LogP contribution < -0.4 is 9.64 Å². The number of carboxylic acid groups (broad SMARTS) is 1. The number of halogens is 1. The summed E-state index contributed by atoms with van der Waals surface area (Å²) in [6, 6.07) is 4.55. The quantitative estimate of drug-likeness (QED) is 0.881. The molecule has 0 amide bonds. The molecule has 0 bridgehead atoms. The van der Waals surface area contributed by atoms with E-state index in [9.17, 15) is 4.79 Å². The standard InChI is InChI=1S/C11H14ClNO3/c1-7(11(14)15)13(2)8-4-5-10(16-3)9(12)6-8/h4-7H,1-3H3,(H,14,15)/t7-/m1/s1. The smallest absolute Gasteiger partial charge is 0.326 e. The largest absolute Gasteiger partial charge is 0.495 e. The first-order chi connectivity index (χ1) is 7.47. The van der Waals surface area contributed by atoms with Crippen LogP contribution in [0.25, 0.3) is 0 Å². The molecule has 0 radical (unpaired) electrons. The zero-order valence-corrected chi connectivity index (χ0v) is 10.2. The number of carbonyl (C=O) groups is 1. The minimum absolute atomic E-state index is 0.462. The van der Waals surface area contributed by atoms with Crippen LogP contribution in [0.4, 0.5) is 5.69 Å². The van der Waals surface area contributed by atoms with E-state index in [4.69, 9.17) is 21.4 Å². The van der Waals surface area contributed by atoms with Gasteiger partial charge < -0.3 is 14.7 Å².